The lowest BCUT2D eigenvalue weighted by Gasteiger charge is -2.10. The maximum absolute atomic E-state index is 5.53. The summed E-state index contributed by atoms with van der Waals surface area (Å²) in [5.41, 5.74) is 1.19. The first-order valence-electron chi connectivity index (χ1n) is 15.9. The topological polar surface area (TPSA) is 92.3 Å². The second-order valence-corrected chi connectivity index (χ2v) is 9.51. The first kappa shape index (κ1) is 38.7. The van der Waals surface area contributed by atoms with Gasteiger partial charge in [0.2, 0.25) is 0 Å². The Morgan fingerprint density at radius 1 is 0.429 bits per heavy atom. The molecule has 0 N–H and O–H groups in total. The lowest BCUT2D eigenvalue weighted by molar-refractivity contribution is -0.216. The van der Waals surface area contributed by atoms with Crippen molar-refractivity contribution in [3.8, 4) is 5.75 Å². The van der Waals surface area contributed by atoms with Crippen LogP contribution in [0.15, 0.2) is 24.3 Å². The molecule has 0 radical (unpaired) electrons. The van der Waals surface area contributed by atoms with Crippen LogP contribution in [0.1, 0.15) is 57.9 Å². The van der Waals surface area contributed by atoms with Crippen LogP contribution in [0.2, 0.25) is 0 Å². The molecule has 0 saturated carbocycles. The van der Waals surface area contributed by atoms with Crippen molar-refractivity contribution in [3.63, 3.8) is 0 Å². The third-order valence-corrected chi connectivity index (χ3v) is 6.04. The molecule has 1 aromatic carbocycles. The summed E-state index contributed by atoms with van der Waals surface area (Å²) in [7, 11) is 0. The third kappa shape index (κ3) is 26.3. The number of para-hydroxylation sites is 1. The van der Waals surface area contributed by atoms with E-state index in [1.165, 1.54) is 44.1 Å². The Bertz CT molecular complexity index is 664. The third-order valence-electron chi connectivity index (χ3n) is 6.04. The molecule has 10 nitrogen and oxygen atoms in total. The van der Waals surface area contributed by atoms with E-state index in [1.807, 2.05) is 25.1 Å². The highest BCUT2D eigenvalue weighted by atomic mass is 17.2. The monoisotopic (exact) mass is 602 g/mol. The number of ether oxygens (including phenoxy) is 8. The summed E-state index contributed by atoms with van der Waals surface area (Å²) in [6.45, 7) is 13.3. The fourth-order valence-corrected chi connectivity index (χ4v) is 3.77. The standard InChI is InChI=1S/C32H58O10/c1-3-5-6-7-8-9-12-31-13-10-11-14-32(31)42-41-30-29-40-28-27-39-26-25-38-24-23-37-22-21-36-20-19-35-18-17-34-16-15-33-4-2/h10-11,13-14H,3-9,12,15-30H2,1-2H3. The average Bonchev–Trinajstić information content (AvgIpc) is 3.01. The van der Waals surface area contributed by atoms with Gasteiger partial charge in [-0.3, -0.25) is 0 Å². The van der Waals surface area contributed by atoms with Gasteiger partial charge in [0.25, 0.3) is 0 Å². The van der Waals surface area contributed by atoms with E-state index in [0.29, 0.717) is 112 Å². The number of unbranched alkanes of at least 4 members (excludes halogenated alkanes) is 5. The molecule has 0 aliphatic rings. The molecule has 1 aromatic rings. The molecule has 0 aliphatic heterocycles. The van der Waals surface area contributed by atoms with Crippen molar-refractivity contribution in [2.24, 2.45) is 0 Å². The van der Waals surface area contributed by atoms with Crippen LogP contribution < -0.4 is 4.89 Å². The molecule has 0 unspecified atom stereocenters. The molecule has 0 atom stereocenters. The molecular formula is C32H58O10. The first-order valence-corrected chi connectivity index (χ1v) is 15.9. The molecule has 0 aromatic heterocycles. The molecule has 0 amide bonds. The van der Waals surface area contributed by atoms with Gasteiger partial charge in [-0.05, 0) is 31.4 Å². The van der Waals surface area contributed by atoms with E-state index >= 15 is 0 Å². The minimum atomic E-state index is 0.360. The zero-order chi connectivity index (χ0) is 30.0. The van der Waals surface area contributed by atoms with Gasteiger partial charge in [0.15, 0.2) is 5.75 Å². The summed E-state index contributed by atoms with van der Waals surface area (Å²) in [6.07, 6.45) is 8.68. The summed E-state index contributed by atoms with van der Waals surface area (Å²) < 4.78 is 43.5. The van der Waals surface area contributed by atoms with Crippen LogP contribution >= 0.6 is 0 Å². The molecule has 0 saturated heterocycles. The van der Waals surface area contributed by atoms with Crippen LogP contribution in [0.4, 0.5) is 0 Å². The Hall–Kier alpha value is -1.34. The molecule has 42 heavy (non-hydrogen) atoms. The zero-order valence-electron chi connectivity index (χ0n) is 26.4. The van der Waals surface area contributed by atoms with Crippen molar-refractivity contribution >= 4 is 0 Å². The fraction of sp³-hybridized carbons (Fsp3) is 0.812. The van der Waals surface area contributed by atoms with Gasteiger partial charge in [0.1, 0.15) is 6.61 Å². The van der Waals surface area contributed by atoms with Crippen LogP contribution in [0.25, 0.3) is 0 Å². The van der Waals surface area contributed by atoms with Crippen LogP contribution in [-0.2, 0) is 49.2 Å². The van der Waals surface area contributed by atoms with Crippen LogP contribution in [0.3, 0.4) is 0 Å². The van der Waals surface area contributed by atoms with Crippen LogP contribution in [0, 0.1) is 0 Å². The van der Waals surface area contributed by atoms with E-state index in [0.717, 1.165) is 12.2 Å². The second kappa shape index (κ2) is 32.6. The van der Waals surface area contributed by atoms with Gasteiger partial charge in [-0.15, -0.1) is 0 Å². The summed E-state index contributed by atoms with van der Waals surface area (Å²) in [4.78, 5) is 10.9. The molecule has 0 bridgehead atoms. The zero-order valence-corrected chi connectivity index (χ0v) is 26.4. The van der Waals surface area contributed by atoms with Crippen molar-refractivity contribution in [3.05, 3.63) is 29.8 Å². The molecule has 0 spiro atoms. The van der Waals surface area contributed by atoms with E-state index in [4.69, 9.17) is 47.7 Å². The first-order chi connectivity index (χ1) is 20.9. The Morgan fingerprint density at radius 2 is 0.833 bits per heavy atom. The highest BCUT2D eigenvalue weighted by Gasteiger charge is 2.04. The average molecular weight is 603 g/mol. The molecular weight excluding hydrogens is 544 g/mol. The van der Waals surface area contributed by atoms with E-state index in [-0.39, 0.29) is 0 Å². The fourth-order valence-electron chi connectivity index (χ4n) is 3.77. The molecule has 246 valence electrons. The molecule has 1 rings (SSSR count). The number of hydrogen-bond acceptors (Lipinski definition) is 10. The summed E-state index contributed by atoms with van der Waals surface area (Å²) in [6, 6.07) is 8.07. The Labute approximate surface area is 254 Å². The maximum Gasteiger partial charge on any atom is 0.168 e. The van der Waals surface area contributed by atoms with Gasteiger partial charge in [-0.25, -0.2) is 0 Å². The van der Waals surface area contributed by atoms with Gasteiger partial charge in [-0.1, -0.05) is 57.2 Å². The molecule has 0 heterocycles. The van der Waals surface area contributed by atoms with E-state index in [2.05, 4.69) is 13.0 Å². The van der Waals surface area contributed by atoms with E-state index in [1.54, 1.807) is 0 Å². The number of rotatable bonds is 34. The van der Waals surface area contributed by atoms with Gasteiger partial charge < -0.3 is 42.8 Å². The Balaban J connectivity index is 1.77. The maximum atomic E-state index is 5.53. The summed E-state index contributed by atoms with van der Waals surface area (Å²) >= 11 is 0. The molecule has 0 aliphatic carbocycles. The van der Waals surface area contributed by atoms with Crippen molar-refractivity contribution in [1.29, 1.82) is 0 Å². The number of aryl methyl sites for hydroxylation is 1. The highest BCUT2D eigenvalue weighted by Crippen LogP contribution is 2.21. The van der Waals surface area contributed by atoms with Crippen molar-refractivity contribution in [1.82, 2.24) is 0 Å². The minimum absolute atomic E-state index is 0.360. The van der Waals surface area contributed by atoms with E-state index < -0.39 is 0 Å². The lowest BCUT2D eigenvalue weighted by atomic mass is 10.0. The molecule has 0 fully saturated rings. The number of benzene rings is 1. The Kier molecular flexibility index (Phi) is 30.0. The quantitative estimate of drug-likeness (QED) is 0.0606. The van der Waals surface area contributed by atoms with Gasteiger partial charge in [0.05, 0.1) is 99.1 Å². The SMILES string of the molecule is CCCCCCCCc1ccccc1OOCCOCCOCCOCCOCCOCCOCCOCCOCC. The second-order valence-electron chi connectivity index (χ2n) is 9.51. The van der Waals surface area contributed by atoms with Crippen LogP contribution in [0.5, 0.6) is 5.75 Å². The van der Waals surface area contributed by atoms with Crippen molar-refractivity contribution in [2.75, 3.05) is 112 Å². The smallest absolute Gasteiger partial charge is 0.168 e. The summed E-state index contributed by atoms with van der Waals surface area (Å²) in [5.74, 6) is 0.792. The minimum Gasteiger partial charge on any atom is -0.379 e. The van der Waals surface area contributed by atoms with Gasteiger partial charge in [0, 0.05) is 6.61 Å². The largest absolute Gasteiger partial charge is 0.379 e. The van der Waals surface area contributed by atoms with Crippen molar-refractivity contribution in [2.45, 2.75) is 58.8 Å². The normalized spacial score (nSPS) is 11.4. The predicted molar refractivity (Wildman–Crippen MR) is 162 cm³/mol. The Morgan fingerprint density at radius 3 is 1.31 bits per heavy atom. The van der Waals surface area contributed by atoms with Gasteiger partial charge in [-0.2, -0.15) is 4.89 Å². The lowest BCUT2D eigenvalue weighted by Crippen LogP contribution is -2.15. The predicted octanol–water partition coefficient (Wildman–Crippen LogP) is 5.05. The van der Waals surface area contributed by atoms with Crippen molar-refractivity contribution < 1.29 is 47.7 Å². The summed E-state index contributed by atoms with van der Waals surface area (Å²) in [5, 5.41) is 0. The highest BCUT2D eigenvalue weighted by molar-refractivity contribution is 5.32. The van der Waals surface area contributed by atoms with E-state index in [9.17, 15) is 0 Å². The number of hydrogen-bond donors (Lipinski definition) is 0. The van der Waals surface area contributed by atoms with Gasteiger partial charge >= 0.3 is 0 Å². The molecule has 10 heteroatoms. The van der Waals surface area contributed by atoms with Crippen LogP contribution in [-0.4, -0.2) is 112 Å².